The van der Waals surface area contributed by atoms with Crippen molar-refractivity contribution >= 4 is 42.5 Å². The van der Waals surface area contributed by atoms with Crippen LogP contribution in [-0.4, -0.2) is 45.7 Å². The molecule has 0 bridgehead atoms. The zero-order valence-corrected chi connectivity index (χ0v) is 24.7. The second-order valence-electron chi connectivity index (χ2n) is 9.68. The summed E-state index contributed by atoms with van der Waals surface area (Å²) in [6.07, 6.45) is 2.27. The molecule has 0 aliphatic heterocycles. The van der Waals surface area contributed by atoms with Gasteiger partial charge in [0, 0.05) is 45.5 Å². The number of anilines is 1. The summed E-state index contributed by atoms with van der Waals surface area (Å²) < 4.78 is 89.5. The van der Waals surface area contributed by atoms with Crippen molar-refractivity contribution in [1.82, 2.24) is 14.3 Å². The number of nitrogens with zero attached hydrogens (tertiary/aromatic N) is 1. The van der Waals surface area contributed by atoms with Crippen LogP contribution in [0.4, 0.5) is 14.5 Å². The molecule has 1 amide bonds. The lowest BCUT2D eigenvalue weighted by atomic mass is 10.0. The zero-order valence-electron chi connectivity index (χ0n) is 23.1. The van der Waals surface area contributed by atoms with Crippen molar-refractivity contribution < 1.29 is 35.1 Å². The van der Waals surface area contributed by atoms with Crippen LogP contribution in [0.3, 0.4) is 0 Å². The van der Waals surface area contributed by atoms with Crippen LogP contribution in [0.5, 0.6) is 5.75 Å². The molecule has 3 N–H and O–H groups in total. The van der Waals surface area contributed by atoms with Crippen molar-refractivity contribution in [1.29, 1.82) is 0 Å². The fraction of sp³-hybridized carbons (Fsp3) is 0.103. The fourth-order valence-electron chi connectivity index (χ4n) is 4.74. The summed E-state index contributed by atoms with van der Waals surface area (Å²) in [5.41, 5.74) is -0.651. The molecule has 0 saturated carbocycles. The number of nitrogens with one attached hydrogen (secondary N) is 3. The first kappa shape index (κ1) is 30.4. The number of carbonyl (C=O) groups excluding carboxylic acids is 1. The van der Waals surface area contributed by atoms with Crippen LogP contribution in [0, 0.1) is 11.6 Å². The van der Waals surface area contributed by atoms with Gasteiger partial charge in [-0.05, 0) is 54.6 Å². The third kappa shape index (κ3) is 6.18. The van der Waals surface area contributed by atoms with E-state index in [9.17, 15) is 35.2 Å². The van der Waals surface area contributed by atoms with Crippen molar-refractivity contribution in [2.24, 2.45) is 0 Å². The maximum atomic E-state index is 14.9. The van der Waals surface area contributed by atoms with Gasteiger partial charge in [-0.3, -0.25) is 14.3 Å². The molecule has 3 aromatic carbocycles. The molecule has 0 spiro atoms. The first-order valence-electron chi connectivity index (χ1n) is 12.7. The van der Waals surface area contributed by atoms with E-state index in [0.717, 1.165) is 24.5 Å². The lowest BCUT2D eigenvalue weighted by Crippen LogP contribution is -2.33. The van der Waals surface area contributed by atoms with Crippen LogP contribution in [0.1, 0.15) is 16.1 Å². The van der Waals surface area contributed by atoms with Crippen LogP contribution in [0.25, 0.3) is 22.0 Å². The van der Waals surface area contributed by atoms with Crippen LogP contribution >= 0.6 is 0 Å². The minimum absolute atomic E-state index is 0.00554. The topological polar surface area (TPSA) is 156 Å². The van der Waals surface area contributed by atoms with E-state index in [1.807, 2.05) is 4.72 Å². The van der Waals surface area contributed by atoms with Crippen molar-refractivity contribution in [2.45, 2.75) is 11.4 Å². The number of aromatic amines is 1. The number of fused-ring (bicyclic) bond motifs is 1. The summed E-state index contributed by atoms with van der Waals surface area (Å²) in [7, 11) is -6.96. The normalized spacial score (nSPS) is 11.8. The Labute approximate surface area is 250 Å². The predicted molar refractivity (Wildman–Crippen MR) is 160 cm³/mol. The number of carbonyl (C=O) groups is 1. The van der Waals surface area contributed by atoms with Gasteiger partial charge in [0.1, 0.15) is 23.1 Å². The van der Waals surface area contributed by atoms with Gasteiger partial charge >= 0.3 is 0 Å². The van der Waals surface area contributed by atoms with Crippen LogP contribution in [0.2, 0.25) is 0 Å². The monoisotopic (exact) mass is 642 g/mol. The molecule has 11 nitrogen and oxygen atoms in total. The number of H-pyrrole nitrogens is 1. The van der Waals surface area contributed by atoms with Crippen LogP contribution in [-0.2, 0) is 26.6 Å². The first-order valence-corrected chi connectivity index (χ1v) is 16.1. The number of pyridine rings is 1. The molecule has 0 atom stereocenters. The Morgan fingerprint density at radius 2 is 1.75 bits per heavy atom. The summed E-state index contributed by atoms with van der Waals surface area (Å²) in [6.45, 7) is -0.351. The number of rotatable bonds is 9. The van der Waals surface area contributed by atoms with Crippen molar-refractivity contribution in [3.63, 3.8) is 0 Å². The number of hydrogen-bond acceptors (Lipinski definition) is 7. The van der Waals surface area contributed by atoms with E-state index >= 15 is 0 Å². The largest absolute Gasteiger partial charge is 0.497 e. The molecular weight excluding hydrogens is 618 g/mol. The summed E-state index contributed by atoms with van der Waals surface area (Å²) in [5.74, 6) is -2.55. The third-order valence-corrected chi connectivity index (χ3v) is 8.53. The predicted octanol–water partition coefficient (Wildman–Crippen LogP) is 3.82. The molecule has 5 rings (SSSR count). The van der Waals surface area contributed by atoms with Gasteiger partial charge in [0.25, 0.3) is 21.5 Å². The number of benzene rings is 3. The van der Waals surface area contributed by atoms with Gasteiger partial charge in [-0.15, -0.1) is 0 Å². The van der Waals surface area contributed by atoms with E-state index in [2.05, 4.69) is 9.71 Å². The van der Waals surface area contributed by atoms with Crippen molar-refractivity contribution in [3.8, 4) is 16.9 Å². The molecule has 228 valence electrons. The summed E-state index contributed by atoms with van der Waals surface area (Å²) in [5, 5.41) is 0.311. The molecular formula is C29H24F2N4O7S2. The summed E-state index contributed by atoms with van der Waals surface area (Å²) in [4.78, 5) is 29.1. The van der Waals surface area contributed by atoms with E-state index < -0.39 is 48.0 Å². The van der Waals surface area contributed by atoms with E-state index in [1.54, 1.807) is 18.2 Å². The Balaban J connectivity index is 1.73. The molecule has 44 heavy (non-hydrogen) atoms. The van der Waals surface area contributed by atoms with Gasteiger partial charge in [-0.1, -0.05) is 12.1 Å². The number of halogens is 2. The standard InChI is InChI=1S/C29H24F2N4O7S2/c1-42-20-10-11-25-23(15-20)26(22-7-4-12-32-28(22)36)27(35(25)16-17-8-9-18(30)13-24(17)31)29(37)34-44(40,41)21-6-3-5-19(14-21)33-43(2,38)39/h3-15,33H,16H2,1-2H3,(H,32,36)(H,34,37). The molecule has 15 heteroatoms. The second kappa shape index (κ2) is 11.6. The van der Waals surface area contributed by atoms with Crippen LogP contribution in [0.15, 0.2) is 88.7 Å². The van der Waals surface area contributed by atoms with Gasteiger partial charge < -0.3 is 14.3 Å². The highest BCUT2D eigenvalue weighted by Crippen LogP contribution is 2.37. The van der Waals surface area contributed by atoms with Gasteiger partial charge in [-0.2, -0.15) is 0 Å². The number of sulfonamides is 2. The number of ether oxygens (including phenoxy) is 1. The molecule has 0 radical (unpaired) electrons. The molecule has 0 saturated heterocycles. The highest BCUT2D eigenvalue weighted by Gasteiger charge is 2.29. The quantitative estimate of drug-likeness (QED) is 0.221. The molecule has 0 fully saturated rings. The highest BCUT2D eigenvalue weighted by molar-refractivity contribution is 7.92. The lowest BCUT2D eigenvalue weighted by molar-refractivity contribution is 0.0974. The maximum Gasteiger partial charge on any atom is 0.282 e. The molecule has 0 unspecified atom stereocenters. The molecule has 2 aromatic heterocycles. The molecule has 0 aliphatic carbocycles. The Bertz CT molecular complexity index is 2210. The maximum absolute atomic E-state index is 14.9. The Morgan fingerprint density at radius 1 is 0.977 bits per heavy atom. The van der Waals surface area contributed by atoms with E-state index in [0.29, 0.717) is 22.7 Å². The molecule has 2 heterocycles. The Hall–Kier alpha value is -5.02. The Morgan fingerprint density at radius 3 is 2.43 bits per heavy atom. The number of aromatic nitrogens is 2. The fourth-order valence-corrected chi connectivity index (χ4v) is 6.30. The van der Waals surface area contributed by atoms with E-state index in [-0.39, 0.29) is 34.6 Å². The number of methoxy groups -OCH3 is 1. The zero-order chi connectivity index (χ0) is 31.8. The first-order chi connectivity index (χ1) is 20.8. The minimum atomic E-state index is -4.63. The van der Waals surface area contributed by atoms with Gasteiger partial charge in [0.2, 0.25) is 10.0 Å². The smallest absolute Gasteiger partial charge is 0.282 e. The summed E-state index contributed by atoms with van der Waals surface area (Å²) >= 11 is 0. The average Bonchev–Trinajstić information content (AvgIpc) is 3.27. The highest BCUT2D eigenvalue weighted by atomic mass is 32.2. The summed E-state index contributed by atoms with van der Waals surface area (Å²) in [6, 6.07) is 15.3. The van der Waals surface area contributed by atoms with E-state index in [1.165, 1.54) is 48.2 Å². The molecule has 0 aliphatic rings. The van der Waals surface area contributed by atoms with Crippen molar-refractivity contribution in [2.75, 3.05) is 18.1 Å². The average molecular weight is 643 g/mol. The van der Waals surface area contributed by atoms with E-state index in [4.69, 9.17) is 4.74 Å². The van der Waals surface area contributed by atoms with Gasteiger partial charge in [0.15, 0.2) is 0 Å². The Kier molecular flexibility index (Phi) is 8.01. The van der Waals surface area contributed by atoms with Crippen molar-refractivity contribution in [3.05, 3.63) is 112 Å². The van der Waals surface area contributed by atoms with Gasteiger partial charge in [0.05, 0.1) is 24.8 Å². The second-order valence-corrected chi connectivity index (χ2v) is 13.1. The third-order valence-electron chi connectivity index (χ3n) is 6.59. The lowest BCUT2D eigenvalue weighted by Gasteiger charge is -2.14. The minimum Gasteiger partial charge on any atom is -0.497 e. The SMILES string of the molecule is COc1ccc2c(c1)c(-c1ccc[nH]c1=O)c(C(=O)NS(=O)(=O)c1cccc(NS(C)(=O)=O)c1)n2Cc1ccc(F)cc1F. The number of hydrogen-bond donors (Lipinski definition) is 3. The molecule has 5 aromatic rings. The van der Waals surface area contributed by atoms with Gasteiger partial charge in [-0.25, -0.2) is 30.3 Å². The number of amides is 1. The van der Waals surface area contributed by atoms with Crippen LogP contribution < -0.4 is 19.7 Å².